The SMILES string of the molecule is CCN(CC)C(CNC(=O)/C=C/c1ccccn1)c1cccc(OC)c1. The van der Waals surface area contributed by atoms with E-state index in [0.29, 0.717) is 6.54 Å². The second-order valence-corrected chi connectivity index (χ2v) is 5.85. The van der Waals surface area contributed by atoms with Crippen molar-refractivity contribution >= 4 is 12.0 Å². The number of nitrogens with zero attached hydrogens (tertiary/aromatic N) is 2. The molecule has 1 unspecified atom stereocenters. The third-order valence-electron chi connectivity index (χ3n) is 4.29. The van der Waals surface area contributed by atoms with Gasteiger partial charge in [-0.05, 0) is 49.0 Å². The fourth-order valence-electron chi connectivity index (χ4n) is 2.86. The largest absolute Gasteiger partial charge is 0.497 e. The lowest BCUT2D eigenvalue weighted by Gasteiger charge is -2.30. The summed E-state index contributed by atoms with van der Waals surface area (Å²) in [6, 6.07) is 13.7. The number of aromatic nitrogens is 1. The molecular formula is C21H27N3O2. The number of hydrogen-bond acceptors (Lipinski definition) is 4. The van der Waals surface area contributed by atoms with Crippen molar-refractivity contribution in [3.8, 4) is 5.75 Å². The van der Waals surface area contributed by atoms with E-state index in [4.69, 9.17) is 4.74 Å². The van der Waals surface area contributed by atoms with Crippen LogP contribution in [0.5, 0.6) is 5.75 Å². The van der Waals surface area contributed by atoms with E-state index in [1.165, 1.54) is 6.08 Å². The Morgan fingerprint density at radius 3 is 2.69 bits per heavy atom. The molecule has 26 heavy (non-hydrogen) atoms. The zero-order chi connectivity index (χ0) is 18.8. The number of rotatable bonds is 9. The van der Waals surface area contributed by atoms with Crippen molar-refractivity contribution in [3.63, 3.8) is 0 Å². The zero-order valence-electron chi connectivity index (χ0n) is 15.7. The first-order chi connectivity index (χ1) is 12.7. The van der Waals surface area contributed by atoms with E-state index in [-0.39, 0.29) is 11.9 Å². The van der Waals surface area contributed by atoms with Crippen LogP contribution >= 0.6 is 0 Å². The van der Waals surface area contributed by atoms with Crippen LogP contribution in [0.2, 0.25) is 0 Å². The molecule has 0 aliphatic rings. The normalized spacial score (nSPS) is 12.3. The Morgan fingerprint density at radius 1 is 1.23 bits per heavy atom. The molecule has 0 radical (unpaired) electrons. The topological polar surface area (TPSA) is 54.5 Å². The average molecular weight is 353 g/mol. The number of benzene rings is 1. The Morgan fingerprint density at radius 2 is 2.04 bits per heavy atom. The van der Waals surface area contributed by atoms with Crippen LogP contribution in [0.3, 0.4) is 0 Å². The summed E-state index contributed by atoms with van der Waals surface area (Å²) in [6.07, 6.45) is 4.94. The van der Waals surface area contributed by atoms with Gasteiger partial charge in [0, 0.05) is 18.8 Å². The lowest BCUT2D eigenvalue weighted by molar-refractivity contribution is -0.116. The molecule has 2 aromatic rings. The lowest BCUT2D eigenvalue weighted by Crippen LogP contribution is -2.37. The highest BCUT2D eigenvalue weighted by Crippen LogP contribution is 2.23. The molecule has 0 saturated carbocycles. The number of ether oxygens (including phenoxy) is 1. The fraction of sp³-hybridized carbons (Fsp3) is 0.333. The van der Waals surface area contributed by atoms with Crippen molar-refractivity contribution in [1.29, 1.82) is 0 Å². The summed E-state index contributed by atoms with van der Waals surface area (Å²) in [5.74, 6) is 0.691. The van der Waals surface area contributed by atoms with Gasteiger partial charge in [0.05, 0.1) is 18.8 Å². The average Bonchev–Trinajstić information content (AvgIpc) is 2.70. The number of nitrogens with one attached hydrogen (secondary N) is 1. The summed E-state index contributed by atoms with van der Waals surface area (Å²) in [5, 5.41) is 3.00. The van der Waals surface area contributed by atoms with Crippen LogP contribution < -0.4 is 10.1 Å². The Balaban J connectivity index is 2.06. The first kappa shape index (κ1) is 19.7. The fourth-order valence-corrected chi connectivity index (χ4v) is 2.86. The summed E-state index contributed by atoms with van der Waals surface area (Å²) in [4.78, 5) is 18.7. The van der Waals surface area contributed by atoms with E-state index in [1.54, 1.807) is 19.4 Å². The van der Waals surface area contributed by atoms with Crippen LogP contribution in [0.1, 0.15) is 31.1 Å². The molecule has 1 amide bonds. The summed E-state index contributed by atoms with van der Waals surface area (Å²) in [6.45, 7) is 6.58. The number of methoxy groups -OCH3 is 1. The van der Waals surface area contributed by atoms with Gasteiger partial charge in [-0.1, -0.05) is 32.0 Å². The molecule has 0 aliphatic heterocycles. The number of pyridine rings is 1. The van der Waals surface area contributed by atoms with Crippen LogP contribution in [-0.4, -0.2) is 42.5 Å². The zero-order valence-corrected chi connectivity index (χ0v) is 15.7. The van der Waals surface area contributed by atoms with E-state index in [0.717, 1.165) is 30.1 Å². The highest BCUT2D eigenvalue weighted by molar-refractivity contribution is 5.91. The van der Waals surface area contributed by atoms with Gasteiger partial charge < -0.3 is 10.1 Å². The highest BCUT2D eigenvalue weighted by atomic mass is 16.5. The Hall–Kier alpha value is -2.66. The second-order valence-electron chi connectivity index (χ2n) is 5.85. The molecule has 1 aromatic carbocycles. The van der Waals surface area contributed by atoms with E-state index in [9.17, 15) is 4.79 Å². The van der Waals surface area contributed by atoms with E-state index < -0.39 is 0 Å². The quantitative estimate of drug-likeness (QED) is 0.703. The predicted molar refractivity (Wildman–Crippen MR) is 105 cm³/mol. The predicted octanol–water partition coefficient (Wildman–Crippen LogP) is 3.30. The number of likely N-dealkylation sites (N-methyl/N-ethyl adjacent to an activating group) is 1. The van der Waals surface area contributed by atoms with Gasteiger partial charge in [-0.3, -0.25) is 14.7 Å². The third-order valence-corrected chi connectivity index (χ3v) is 4.29. The van der Waals surface area contributed by atoms with E-state index in [2.05, 4.69) is 35.1 Å². The maximum absolute atomic E-state index is 12.2. The molecule has 0 fully saturated rings. The van der Waals surface area contributed by atoms with Crippen LogP contribution in [0.4, 0.5) is 0 Å². The van der Waals surface area contributed by atoms with Crippen molar-refractivity contribution in [2.24, 2.45) is 0 Å². The van der Waals surface area contributed by atoms with E-state index >= 15 is 0 Å². The molecule has 5 nitrogen and oxygen atoms in total. The van der Waals surface area contributed by atoms with Gasteiger partial charge in [-0.2, -0.15) is 0 Å². The minimum atomic E-state index is -0.129. The van der Waals surface area contributed by atoms with Crippen LogP contribution in [0.15, 0.2) is 54.7 Å². The highest BCUT2D eigenvalue weighted by Gasteiger charge is 2.19. The van der Waals surface area contributed by atoms with Crippen molar-refractivity contribution in [2.75, 3.05) is 26.7 Å². The summed E-state index contributed by atoms with van der Waals surface area (Å²) in [5.41, 5.74) is 1.89. The molecule has 1 N–H and O–H groups in total. The molecular weight excluding hydrogens is 326 g/mol. The van der Waals surface area contributed by atoms with Gasteiger partial charge in [0.1, 0.15) is 5.75 Å². The summed E-state index contributed by atoms with van der Waals surface area (Å²) >= 11 is 0. The number of hydrogen-bond donors (Lipinski definition) is 1. The third kappa shape index (κ3) is 5.70. The lowest BCUT2D eigenvalue weighted by atomic mass is 10.0. The summed E-state index contributed by atoms with van der Waals surface area (Å²) in [7, 11) is 1.66. The number of amides is 1. The van der Waals surface area contributed by atoms with Gasteiger partial charge in [-0.25, -0.2) is 0 Å². The van der Waals surface area contributed by atoms with Crippen LogP contribution in [0.25, 0.3) is 6.08 Å². The van der Waals surface area contributed by atoms with Gasteiger partial charge in [0.2, 0.25) is 5.91 Å². The maximum atomic E-state index is 12.2. The Kier molecular flexibility index (Phi) is 7.83. The van der Waals surface area contributed by atoms with Crippen LogP contribution in [0, 0.1) is 0 Å². The number of carbonyl (C=O) groups excluding carboxylic acids is 1. The van der Waals surface area contributed by atoms with Gasteiger partial charge in [-0.15, -0.1) is 0 Å². The minimum absolute atomic E-state index is 0.0901. The molecule has 138 valence electrons. The molecule has 1 heterocycles. The standard InChI is InChI=1S/C21H27N3O2/c1-4-24(5-2)20(17-9-8-11-19(15-17)26-3)16-23-21(25)13-12-18-10-6-7-14-22-18/h6-15,20H,4-5,16H2,1-3H3,(H,23,25)/b13-12+. The molecule has 2 rings (SSSR count). The van der Waals surface area contributed by atoms with Crippen molar-refractivity contribution in [3.05, 3.63) is 66.0 Å². The maximum Gasteiger partial charge on any atom is 0.244 e. The number of carbonyl (C=O) groups is 1. The molecule has 1 aromatic heterocycles. The molecule has 0 spiro atoms. The van der Waals surface area contributed by atoms with Crippen LogP contribution in [-0.2, 0) is 4.79 Å². The Bertz CT molecular complexity index is 712. The molecule has 0 bridgehead atoms. The molecule has 0 saturated heterocycles. The van der Waals surface area contributed by atoms with Gasteiger partial charge >= 0.3 is 0 Å². The van der Waals surface area contributed by atoms with Crippen molar-refractivity contribution in [2.45, 2.75) is 19.9 Å². The minimum Gasteiger partial charge on any atom is -0.497 e. The smallest absolute Gasteiger partial charge is 0.244 e. The van der Waals surface area contributed by atoms with Gasteiger partial charge in [0.25, 0.3) is 0 Å². The summed E-state index contributed by atoms with van der Waals surface area (Å²) < 4.78 is 5.34. The van der Waals surface area contributed by atoms with Gasteiger partial charge in [0.15, 0.2) is 0 Å². The van der Waals surface area contributed by atoms with Crippen molar-refractivity contribution in [1.82, 2.24) is 15.2 Å². The monoisotopic (exact) mass is 353 g/mol. The van der Waals surface area contributed by atoms with Crippen molar-refractivity contribution < 1.29 is 9.53 Å². The molecule has 0 aliphatic carbocycles. The molecule has 5 heteroatoms. The molecule has 1 atom stereocenters. The second kappa shape index (κ2) is 10.4. The first-order valence-corrected chi connectivity index (χ1v) is 8.92. The first-order valence-electron chi connectivity index (χ1n) is 8.92. The Labute approximate surface area is 155 Å². The van der Waals surface area contributed by atoms with E-state index in [1.807, 2.05) is 36.4 Å².